The van der Waals surface area contributed by atoms with E-state index >= 15 is 0 Å². The van der Waals surface area contributed by atoms with Crippen LogP contribution in [-0.4, -0.2) is 8.42 Å². The molecular weight excluding hydrogens is 208 g/mol. The minimum Gasteiger partial charge on any atom is -0.223 e. The smallest absolute Gasteiger partial charge is 0.188 e. The van der Waals surface area contributed by atoms with E-state index < -0.39 is 14.6 Å². The fourth-order valence-corrected chi connectivity index (χ4v) is 3.46. The van der Waals surface area contributed by atoms with Crippen LogP contribution in [0, 0.1) is 0 Å². The van der Waals surface area contributed by atoms with Crippen LogP contribution in [0.25, 0.3) is 0 Å². The van der Waals surface area contributed by atoms with E-state index in [1.54, 1.807) is 32.0 Å². The Balaban J connectivity index is 2.79. The van der Waals surface area contributed by atoms with Crippen molar-refractivity contribution in [3.8, 4) is 0 Å². The first-order valence-corrected chi connectivity index (χ1v) is 5.78. The van der Waals surface area contributed by atoms with Crippen LogP contribution in [0.4, 0.5) is 0 Å². The van der Waals surface area contributed by atoms with Gasteiger partial charge in [-0.15, -0.1) is 0 Å². The monoisotopic (exact) mass is 216 g/mol. The number of benzene rings is 1. The molecule has 0 spiro atoms. The number of halogens is 1. The van der Waals surface area contributed by atoms with Crippen LogP contribution in [0.1, 0.15) is 19.4 Å². The van der Waals surface area contributed by atoms with Crippen LogP contribution in [-0.2, 0) is 14.6 Å². The molecule has 0 saturated carbocycles. The average Bonchev–Trinajstić information content (AvgIpc) is 2.03. The first kappa shape index (κ1) is 9.03. The Morgan fingerprint density at radius 1 is 1.31 bits per heavy atom. The molecule has 0 unspecified atom stereocenters. The second-order valence-electron chi connectivity index (χ2n) is 3.65. The summed E-state index contributed by atoms with van der Waals surface area (Å²) in [6.07, 6.45) is 0. The molecule has 0 fully saturated rings. The molecule has 0 aromatic heterocycles. The summed E-state index contributed by atoms with van der Waals surface area (Å²) in [4.78, 5) is 0.418. The van der Waals surface area contributed by atoms with Gasteiger partial charge in [0.2, 0.25) is 0 Å². The first-order chi connectivity index (χ1) is 5.87. The Morgan fingerprint density at radius 3 is 2.54 bits per heavy atom. The highest BCUT2D eigenvalue weighted by atomic mass is 35.5. The molecule has 0 N–H and O–H groups in total. The lowest BCUT2D eigenvalue weighted by atomic mass is 10.0. The zero-order chi connectivity index (χ0) is 9.85. The Kier molecular flexibility index (Phi) is 1.58. The average molecular weight is 217 g/mol. The van der Waals surface area contributed by atoms with E-state index in [0.717, 1.165) is 5.56 Å². The maximum Gasteiger partial charge on any atom is 0.188 e. The molecule has 1 aromatic carbocycles. The maximum atomic E-state index is 11.6. The Bertz CT molecular complexity index is 474. The van der Waals surface area contributed by atoms with Crippen LogP contribution in [0.5, 0.6) is 0 Å². The van der Waals surface area contributed by atoms with Gasteiger partial charge in [0.1, 0.15) is 0 Å². The van der Waals surface area contributed by atoms with Crippen molar-refractivity contribution < 1.29 is 8.42 Å². The summed E-state index contributed by atoms with van der Waals surface area (Å²) in [7, 11) is -3.09. The highest BCUT2D eigenvalue weighted by Gasteiger charge is 2.50. The number of rotatable bonds is 0. The zero-order valence-corrected chi connectivity index (χ0v) is 8.91. The molecule has 0 bridgehead atoms. The van der Waals surface area contributed by atoms with E-state index in [2.05, 4.69) is 0 Å². The second kappa shape index (κ2) is 2.28. The molecular formula is C9H9ClO2S. The lowest BCUT2D eigenvalue weighted by Gasteiger charge is -2.37. The summed E-state index contributed by atoms with van der Waals surface area (Å²) in [5.74, 6) is 0. The normalized spacial score (nSPS) is 21.8. The third-order valence-electron chi connectivity index (χ3n) is 2.55. The van der Waals surface area contributed by atoms with E-state index in [-0.39, 0.29) is 0 Å². The van der Waals surface area contributed by atoms with Crippen molar-refractivity contribution in [2.45, 2.75) is 23.5 Å². The molecule has 2 nitrogen and oxygen atoms in total. The van der Waals surface area contributed by atoms with E-state index in [4.69, 9.17) is 11.6 Å². The van der Waals surface area contributed by atoms with Gasteiger partial charge in [0.15, 0.2) is 9.84 Å². The SMILES string of the molecule is CC1(C)c2cc(Cl)ccc2S1(=O)=O. The maximum absolute atomic E-state index is 11.6. The summed E-state index contributed by atoms with van der Waals surface area (Å²) < 4.78 is 22.5. The van der Waals surface area contributed by atoms with Gasteiger partial charge in [0, 0.05) is 5.02 Å². The van der Waals surface area contributed by atoms with E-state index in [1.165, 1.54) is 0 Å². The molecule has 1 aliphatic rings. The van der Waals surface area contributed by atoms with Gasteiger partial charge in [-0.2, -0.15) is 0 Å². The molecule has 1 aliphatic heterocycles. The Morgan fingerprint density at radius 2 is 1.92 bits per heavy atom. The van der Waals surface area contributed by atoms with Crippen molar-refractivity contribution >= 4 is 21.4 Å². The number of hydrogen-bond acceptors (Lipinski definition) is 2. The third-order valence-corrected chi connectivity index (χ3v) is 5.29. The van der Waals surface area contributed by atoms with E-state index in [0.29, 0.717) is 9.92 Å². The van der Waals surface area contributed by atoms with Crippen LogP contribution in [0.2, 0.25) is 5.02 Å². The largest absolute Gasteiger partial charge is 0.223 e. The standard InChI is InChI=1S/C9H9ClO2S/c1-9(2)7-5-6(10)3-4-8(7)13(9,11)12/h3-5H,1-2H3. The number of hydrogen-bond donors (Lipinski definition) is 0. The summed E-state index contributed by atoms with van der Waals surface area (Å²) in [5, 5.41) is 0.585. The number of sulfone groups is 1. The zero-order valence-electron chi connectivity index (χ0n) is 7.33. The lowest BCUT2D eigenvalue weighted by Crippen LogP contribution is -2.40. The van der Waals surface area contributed by atoms with Crippen molar-refractivity contribution in [3.63, 3.8) is 0 Å². The topological polar surface area (TPSA) is 34.1 Å². The molecule has 2 rings (SSSR count). The summed E-state index contributed by atoms with van der Waals surface area (Å²) >= 11 is 5.78. The molecule has 0 aliphatic carbocycles. The first-order valence-electron chi connectivity index (χ1n) is 3.92. The van der Waals surface area contributed by atoms with Crippen molar-refractivity contribution in [3.05, 3.63) is 28.8 Å². The van der Waals surface area contributed by atoms with E-state index in [1.807, 2.05) is 0 Å². The van der Waals surface area contributed by atoms with Crippen molar-refractivity contribution in [1.29, 1.82) is 0 Å². The van der Waals surface area contributed by atoms with Crippen molar-refractivity contribution in [2.75, 3.05) is 0 Å². The molecule has 70 valence electrons. The van der Waals surface area contributed by atoms with Gasteiger partial charge in [-0.25, -0.2) is 8.42 Å². The molecule has 0 radical (unpaired) electrons. The molecule has 0 amide bonds. The molecule has 13 heavy (non-hydrogen) atoms. The Labute approximate surface area is 82.4 Å². The van der Waals surface area contributed by atoms with Crippen molar-refractivity contribution in [2.24, 2.45) is 0 Å². The minimum atomic E-state index is -3.09. The fraction of sp³-hybridized carbons (Fsp3) is 0.333. The van der Waals surface area contributed by atoms with E-state index in [9.17, 15) is 8.42 Å². The molecule has 1 aromatic rings. The molecule has 0 saturated heterocycles. The van der Waals surface area contributed by atoms with Gasteiger partial charge in [-0.1, -0.05) is 11.6 Å². The predicted molar refractivity (Wildman–Crippen MR) is 51.7 cm³/mol. The third kappa shape index (κ3) is 0.916. The second-order valence-corrected chi connectivity index (χ2v) is 6.56. The van der Waals surface area contributed by atoms with Gasteiger partial charge in [0.05, 0.1) is 9.64 Å². The predicted octanol–water partition coefficient (Wildman–Crippen LogP) is 2.36. The number of fused-ring (bicyclic) bond motifs is 1. The van der Waals surface area contributed by atoms with Crippen LogP contribution >= 0.6 is 11.6 Å². The molecule has 1 heterocycles. The highest BCUT2D eigenvalue weighted by molar-refractivity contribution is 7.93. The molecule has 4 heteroatoms. The Hall–Kier alpha value is -0.540. The van der Waals surface area contributed by atoms with Gasteiger partial charge in [-0.05, 0) is 37.6 Å². The fourth-order valence-electron chi connectivity index (χ4n) is 1.58. The van der Waals surface area contributed by atoms with Gasteiger partial charge >= 0.3 is 0 Å². The van der Waals surface area contributed by atoms with Crippen LogP contribution in [0.3, 0.4) is 0 Å². The van der Waals surface area contributed by atoms with Gasteiger partial charge < -0.3 is 0 Å². The summed E-state index contributed by atoms with van der Waals surface area (Å²) in [6.45, 7) is 3.39. The van der Waals surface area contributed by atoms with Gasteiger partial charge in [0.25, 0.3) is 0 Å². The quantitative estimate of drug-likeness (QED) is 0.667. The van der Waals surface area contributed by atoms with Gasteiger partial charge in [-0.3, -0.25) is 0 Å². The minimum absolute atomic E-state index is 0.418. The summed E-state index contributed by atoms with van der Waals surface area (Å²) in [6, 6.07) is 4.89. The summed E-state index contributed by atoms with van der Waals surface area (Å²) in [5.41, 5.74) is 0.819. The van der Waals surface area contributed by atoms with Crippen LogP contribution in [0.15, 0.2) is 23.1 Å². The molecule has 0 atom stereocenters. The highest BCUT2D eigenvalue weighted by Crippen LogP contribution is 2.48. The lowest BCUT2D eigenvalue weighted by molar-refractivity contribution is 0.526. The van der Waals surface area contributed by atoms with Crippen LogP contribution < -0.4 is 0 Å². The van der Waals surface area contributed by atoms with Crippen molar-refractivity contribution in [1.82, 2.24) is 0 Å².